The molecule has 9 heteroatoms. The standard InChI is InChI=1S/C15H21N5S4/c1-11-16-17-15(23-11)22-9-4-3-8-21-14-13(18-24-19-14)12-6-5-7-20(2)10-12/h6H,3-5,7-10H2,1-2H3. The molecule has 5 nitrogen and oxygen atoms in total. The first-order chi connectivity index (χ1) is 11.7. The molecule has 1 aliphatic rings. The zero-order valence-corrected chi connectivity index (χ0v) is 17.2. The van der Waals surface area contributed by atoms with Gasteiger partial charge in [-0.2, -0.15) is 8.75 Å². The Hall–Kier alpha value is -0.480. The van der Waals surface area contributed by atoms with Crippen LogP contribution in [0.5, 0.6) is 0 Å². The summed E-state index contributed by atoms with van der Waals surface area (Å²) in [5, 5.41) is 10.3. The van der Waals surface area contributed by atoms with Gasteiger partial charge in [0.2, 0.25) is 0 Å². The second kappa shape index (κ2) is 9.28. The van der Waals surface area contributed by atoms with Crippen LogP contribution < -0.4 is 0 Å². The van der Waals surface area contributed by atoms with Crippen LogP contribution in [-0.2, 0) is 0 Å². The molecular formula is C15H21N5S4. The van der Waals surface area contributed by atoms with Gasteiger partial charge in [0.25, 0.3) is 0 Å². The summed E-state index contributed by atoms with van der Waals surface area (Å²) in [5.74, 6) is 2.20. The molecule has 0 unspecified atom stereocenters. The van der Waals surface area contributed by atoms with Gasteiger partial charge in [-0.15, -0.1) is 22.0 Å². The Morgan fingerprint density at radius 1 is 1.17 bits per heavy atom. The van der Waals surface area contributed by atoms with E-state index >= 15 is 0 Å². The lowest BCUT2D eigenvalue weighted by molar-refractivity contribution is 0.372. The predicted molar refractivity (Wildman–Crippen MR) is 105 cm³/mol. The molecule has 1 aliphatic heterocycles. The molecule has 3 rings (SSSR count). The van der Waals surface area contributed by atoms with E-state index in [0.29, 0.717) is 0 Å². The highest BCUT2D eigenvalue weighted by atomic mass is 32.2. The maximum Gasteiger partial charge on any atom is 0.174 e. The third-order valence-corrected chi connectivity index (χ3v) is 7.37. The highest BCUT2D eigenvalue weighted by molar-refractivity contribution is 8.01. The minimum Gasteiger partial charge on any atom is -0.302 e. The van der Waals surface area contributed by atoms with Crippen LogP contribution in [0, 0.1) is 6.92 Å². The molecule has 0 aromatic carbocycles. The molecule has 2 aromatic rings. The number of rotatable bonds is 8. The van der Waals surface area contributed by atoms with Crippen LogP contribution in [0.2, 0.25) is 0 Å². The quantitative estimate of drug-likeness (QED) is 0.489. The molecule has 0 N–H and O–H groups in total. The molecule has 0 atom stereocenters. The van der Waals surface area contributed by atoms with Crippen molar-refractivity contribution in [3.8, 4) is 0 Å². The maximum atomic E-state index is 4.53. The van der Waals surface area contributed by atoms with Crippen molar-refractivity contribution in [2.24, 2.45) is 0 Å². The van der Waals surface area contributed by atoms with Crippen LogP contribution in [0.25, 0.3) is 5.57 Å². The Morgan fingerprint density at radius 2 is 2.00 bits per heavy atom. The van der Waals surface area contributed by atoms with E-state index in [4.69, 9.17) is 0 Å². The van der Waals surface area contributed by atoms with E-state index in [0.717, 1.165) is 51.1 Å². The van der Waals surface area contributed by atoms with Crippen LogP contribution in [0.3, 0.4) is 0 Å². The second-order valence-corrected chi connectivity index (χ2v) is 9.80. The highest BCUT2D eigenvalue weighted by Gasteiger charge is 2.17. The lowest BCUT2D eigenvalue weighted by Crippen LogP contribution is -2.25. The summed E-state index contributed by atoms with van der Waals surface area (Å²) in [7, 11) is 2.16. The van der Waals surface area contributed by atoms with E-state index in [-0.39, 0.29) is 0 Å². The number of nitrogens with zero attached hydrogens (tertiary/aromatic N) is 5. The first-order valence-electron chi connectivity index (χ1n) is 7.98. The van der Waals surface area contributed by atoms with Gasteiger partial charge >= 0.3 is 0 Å². The van der Waals surface area contributed by atoms with Crippen molar-refractivity contribution in [2.45, 2.75) is 35.6 Å². The van der Waals surface area contributed by atoms with Crippen molar-refractivity contribution < 1.29 is 0 Å². The van der Waals surface area contributed by atoms with Crippen LogP contribution >= 0.6 is 46.6 Å². The molecule has 2 aromatic heterocycles. The van der Waals surface area contributed by atoms with Gasteiger partial charge in [-0.3, -0.25) is 0 Å². The van der Waals surface area contributed by atoms with Gasteiger partial charge in [0.1, 0.15) is 15.7 Å². The zero-order chi connectivity index (χ0) is 16.8. The van der Waals surface area contributed by atoms with Crippen molar-refractivity contribution in [1.29, 1.82) is 0 Å². The van der Waals surface area contributed by atoms with Gasteiger partial charge in [-0.05, 0) is 44.6 Å². The van der Waals surface area contributed by atoms with Gasteiger partial charge < -0.3 is 4.90 Å². The molecule has 0 radical (unpaired) electrons. The van der Waals surface area contributed by atoms with E-state index in [1.54, 1.807) is 11.3 Å². The summed E-state index contributed by atoms with van der Waals surface area (Å²) in [6.45, 7) is 4.11. The lowest BCUT2D eigenvalue weighted by atomic mass is 10.1. The minimum atomic E-state index is 0.983. The number of hydrogen-bond acceptors (Lipinski definition) is 9. The Bertz CT molecular complexity index is 681. The first kappa shape index (κ1) is 18.3. The number of hydrogen-bond donors (Lipinski definition) is 0. The molecule has 3 heterocycles. The Morgan fingerprint density at radius 3 is 2.75 bits per heavy atom. The fourth-order valence-electron chi connectivity index (χ4n) is 2.41. The zero-order valence-electron chi connectivity index (χ0n) is 13.9. The topological polar surface area (TPSA) is 54.8 Å². The van der Waals surface area contributed by atoms with Gasteiger partial charge in [-0.25, -0.2) is 0 Å². The van der Waals surface area contributed by atoms with E-state index in [1.165, 1.54) is 30.1 Å². The van der Waals surface area contributed by atoms with E-state index in [9.17, 15) is 0 Å². The molecule has 0 saturated heterocycles. The normalized spacial score (nSPS) is 15.7. The summed E-state index contributed by atoms with van der Waals surface area (Å²) < 4.78 is 10.1. The lowest BCUT2D eigenvalue weighted by Gasteiger charge is -2.22. The molecule has 0 aliphatic carbocycles. The maximum absolute atomic E-state index is 4.53. The molecule has 0 bridgehead atoms. The van der Waals surface area contributed by atoms with E-state index < -0.39 is 0 Å². The Balaban J connectivity index is 1.39. The van der Waals surface area contributed by atoms with Gasteiger partial charge in [0.05, 0.1) is 11.7 Å². The predicted octanol–water partition coefficient (Wildman–Crippen LogP) is 4.08. The first-order valence-corrected chi connectivity index (χ1v) is 11.5. The molecule has 0 fully saturated rings. The van der Waals surface area contributed by atoms with Crippen molar-refractivity contribution in [1.82, 2.24) is 23.8 Å². The van der Waals surface area contributed by atoms with Gasteiger partial charge in [0.15, 0.2) is 4.34 Å². The van der Waals surface area contributed by atoms with Crippen molar-refractivity contribution in [3.63, 3.8) is 0 Å². The number of likely N-dealkylation sites (N-methyl/N-ethyl adjacent to an activating group) is 1. The summed E-state index contributed by atoms with van der Waals surface area (Å²) >= 11 is 6.66. The number of aryl methyl sites for hydroxylation is 1. The smallest absolute Gasteiger partial charge is 0.174 e. The van der Waals surface area contributed by atoms with Crippen LogP contribution in [0.15, 0.2) is 15.4 Å². The van der Waals surface area contributed by atoms with Crippen LogP contribution in [0.1, 0.15) is 30.0 Å². The van der Waals surface area contributed by atoms with Gasteiger partial charge in [0, 0.05) is 18.8 Å². The van der Waals surface area contributed by atoms with Crippen molar-refractivity contribution in [3.05, 3.63) is 16.8 Å². The van der Waals surface area contributed by atoms with Crippen molar-refractivity contribution in [2.75, 3.05) is 31.6 Å². The van der Waals surface area contributed by atoms with Gasteiger partial charge in [-0.1, -0.05) is 29.2 Å². The SMILES string of the molecule is Cc1nnc(SCCCCSc2nsnc2C2=CCCN(C)C2)s1. The fourth-order valence-corrected chi connectivity index (χ4v) is 6.00. The number of aromatic nitrogens is 4. The molecular weight excluding hydrogens is 378 g/mol. The molecule has 0 saturated carbocycles. The number of thioether (sulfide) groups is 2. The highest BCUT2D eigenvalue weighted by Crippen LogP contribution is 2.30. The fraction of sp³-hybridized carbons (Fsp3) is 0.600. The molecule has 0 amide bonds. The summed E-state index contributed by atoms with van der Waals surface area (Å²) in [6.07, 6.45) is 5.80. The summed E-state index contributed by atoms with van der Waals surface area (Å²) in [5.41, 5.74) is 2.44. The largest absolute Gasteiger partial charge is 0.302 e. The second-order valence-electron chi connectivity index (χ2n) is 5.66. The third kappa shape index (κ3) is 5.26. The average molecular weight is 400 g/mol. The van der Waals surface area contributed by atoms with Crippen LogP contribution in [-0.4, -0.2) is 55.5 Å². The summed E-state index contributed by atoms with van der Waals surface area (Å²) in [4.78, 5) is 2.34. The minimum absolute atomic E-state index is 0.983. The number of unbranched alkanes of at least 4 members (excludes halogenated alkanes) is 1. The Kier molecular flexibility index (Phi) is 7.08. The molecule has 24 heavy (non-hydrogen) atoms. The third-order valence-electron chi connectivity index (χ3n) is 3.61. The summed E-state index contributed by atoms with van der Waals surface area (Å²) in [6, 6.07) is 0. The van der Waals surface area contributed by atoms with E-state index in [2.05, 4.69) is 37.0 Å². The monoisotopic (exact) mass is 399 g/mol. The van der Waals surface area contributed by atoms with Crippen molar-refractivity contribution >= 4 is 52.2 Å². The average Bonchev–Trinajstić information content (AvgIpc) is 3.19. The van der Waals surface area contributed by atoms with Crippen LogP contribution in [0.4, 0.5) is 0 Å². The Labute approximate surface area is 159 Å². The molecule has 0 spiro atoms. The van der Waals surface area contributed by atoms with E-state index in [1.807, 2.05) is 30.4 Å². The molecule has 130 valence electrons.